The van der Waals surface area contributed by atoms with Crippen molar-refractivity contribution in [1.29, 1.82) is 0 Å². The molecule has 0 aliphatic heterocycles. The number of fused-ring (bicyclic) bond motifs is 1. The lowest BCUT2D eigenvalue weighted by Gasteiger charge is -2.08. The number of hydrogen-bond donors (Lipinski definition) is 2. The maximum Gasteiger partial charge on any atom is 0.345 e. The van der Waals surface area contributed by atoms with Gasteiger partial charge in [0.05, 0.1) is 6.54 Å². The third kappa shape index (κ3) is 2.83. The quantitative estimate of drug-likeness (QED) is 0.912. The van der Waals surface area contributed by atoms with Gasteiger partial charge < -0.3 is 10.4 Å². The molecule has 0 spiro atoms. The lowest BCUT2D eigenvalue weighted by molar-refractivity contribution is 0.0702. The van der Waals surface area contributed by atoms with Gasteiger partial charge in [-0.3, -0.25) is 4.79 Å². The van der Waals surface area contributed by atoms with E-state index in [4.69, 9.17) is 5.11 Å². The monoisotopic (exact) mass is 301 g/mol. The highest BCUT2D eigenvalue weighted by Crippen LogP contribution is 2.25. The number of thiophene rings is 1. The Morgan fingerprint density at radius 1 is 1.19 bits per heavy atom. The van der Waals surface area contributed by atoms with Crippen LogP contribution >= 0.6 is 11.3 Å². The Kier molecular flexibility index (Phi) is 3.75. The number of aromatic carboxylic acids is 1. The average Bonchev–Trinajstić information content (AvgIpc) is 3.12. The normalized spacial score (nSPS) is 13.0. The summed E-state index contributed by atoms with van der Waals surface area (Å²) >= 11 is 1.19. The van der Waals surface area contributed by atoms with Crippen molar-refractivity contribution in [2.75, 3.05) is 0 Å². The van der Waals surface area contributed by atoms with Crippen molar-refractivity contribution in [3.8, 4) is 0 Å². The molecule has 1 aromatic carbocycles. The van der Waals surface area contributed by atoms with E-state index in [2.05, 4.69) is 11.4 Å². The molecule has 0 atom stereocenters. The fourth-order valence-corrected chi connectivity index (χ4v) is 3.47. The van der Waals surface area contributed by atoms with Gasteiger partial charge in [0, 0.05) is 10.4 Å². The second-order valence-electron chi connectivity index (χ2n) is 5.05. The summed E-state index contributed by atoms with van der Waals surface area (Å²) in [5, 5.41) is 11.8. The predicted octanol–water partition coefficient (Wildman–Crippen LogP) is 2.87. The summed E-state index contributed by atoms with van der Waals surface area (Å²) in [6.45, 7) is 0.362. The highest BCUT2D eigenvalue weighted by Gasteiger charge is 2.18. The minimum atomic E-state index is -0.932. The van der Waals surface area contributed by atoms with Gasteiger partial charge in [0.25, 0.3) is 5.91 Å². The third-order valence-corrected chi connectivity index (χ3v) is 4.76. The zero-order valence-corrected chi connectivity index (χ0v) is 12.2. The molecule has 3 rings (SSSR count). The summed E-state index contributed by atoms with van der Waals surface area (Å²) in [7, 11) is 0. The Labute approximate surface area is 126 Å². The van der Waals surface area contributed by atoms with Crippen LogP contribution in [0.5, 0.6) is 0 Å². The van der Waals surface area contributed by atoms with Gasteiger partial charge >= 0.3 is 5.97 Å². The van der Waals surface area contributed by atoms with Crippen LogP contribution < -0.4 is 5.32 Å². The summed E-state index contributed by atoms with van der Waals surface area (Å²) in [5.74, 6) is -1.02. The fraction of sp³-hybridized carbons (Fsp3) is 0.250. The molecule has 5 heteroatoms. The van der Waals surface area contributed by atoms with Crippen LogP contribution in [0.4, 0.5) is 0 Å². The van der Waals surface area contributed by atoms with Crippen LogP contribution in [0.3, 0.4) is 0 Å². The van der Waals surface area contributed by atoms with Gasteiger partial charge in [-0.2, -0.15) is 0 Å². The number of hydrogen-bond acceptors (Lipinski definition) is 3. The van der Waals surface area contributed by atoms with Crippen LogP contribution in [-0.4, -0.2) is 17.0 Å². The first-order chi connectivity index (χ1) is 10.1. The van der Waals surface area contributed by atoms with Gasteiger partial charge in [-0.25, -0.2) is 4.79 Å². The number of carbonyl (C=O) groups excluding carboxylic acids is 1. The molecule has 1 aromatic heterocycles. The molecule has 0 radical (unpaired) electrons. The summed E-state index contributed by atoms with van der Waals surface area (Å²) in [5.41, 5.74) is 3.18. The van der Waals surface area contributed by atoms with E-state index >= 15 is 0 Å². The summed E-state index contributed by atoms with van der Waals surface area (Å²) < 4.78 is 0. The summed E-state index contributed by atoms with van der Waals surface area (Å²) in [6.07, 6.45) is 3.11. The van der Waals surface area contributed by atoms with E-state index < -0.39 is 5.97 Å². The van der Waals surface area contributed by atoms with Crippen molar-refractivity contribution in [3.05, 3.63) is 56.8 Å². The van der Waals surface area contributed by atoms with E-state index in [1.165, 1.54) is 16.9 Å². The van der Waals surface area contributed by atoms with Crippen LogP contribution in [0.15, 0.2) is 30.3 Å². The molecule has 21 heavy (non-hydrogen) atoms. The van der Waals surface area contributed by atoms with Gasteiger partial charge in [-0.15, -0.1) is 11.3 Å². The number of aryl methyl sites for hydroxylation is 1. The van der Waals surface area contributed by atoms with Crippen molar-refractivity contribution in [2.24, 2.45) is 0 Å². The van der Waals surface area contributed by atoms with Gasteiger partial charge in [0.2, 0.25) is 0 Å². The molecule has 108 valence electrons. The third-order valence-electron chi connectivity index (χ3n) is 3.69. The Hall–Kier alpha value is -2.14. The van der Waals surface area contributed by atoms with Gasteiger partial charge in [0.15, 0.2) is 0 Å². The largest absolute Gasteiger partial charge is 0.477 e. The second kappa shape index (κ2) is 5.69. The van der Waals surface area contributed by atoms with E-state index in [-0.39, 0.29) is 5.91 Å². The standard InChI is InChI=1S/C16H15NO3S/c18-15(13-6-2-4-10-3-1-5-12(10)13)17-9-11-7-8-14(21-11)16(19)20/h2,4,6-8H,1,3,5,9H2,(H,17,18)(H,19,20). The molecule has 4 nitrogen and oxygen atoms in total. The first-order valence-electron chi connectivity index (χ1n) is 6.86. The van der Waals surface area contributed by atoms with Crippen LogP contribution in [0, 0.1) is 0 Å². The zero-order valence-electron chi connectivity index (χ0n) is 11.4. The van der Waals surface area contributed by atoms with Crippen LogP contribution in [-0.2, 0) is 19.4 Å². The van der Waals surface area contributed by atoms with E-state index in [1.54, 1.807) is 12.1 Å². The average molecular weight is 301 g/mol. The number of amides is 1. The molecule has 1 aliphatic rings. The number of nitrogens with one attached hydrogen (secondary N) is 1. The molecule has 1 amide bonds. The van der Waals surface area contributed by atoms with E-state index in [0.717, 1.165) is 35.3 Å². The van der Waals surface area contributed by atoms with Crippen molar-refractivity contribution >= 4 is 23.2 Å². The Balaban J connectivity index is 1.69. The molecule has 1 aliphatic carbocycles. The van der Waals surface area contributed by atoms with Crippen molar-refractivity contribution in [1.82, 2.24) is 5.32 Å². The molecule has 0 unspecified atom stereocenters. The SMILES string of the molecule is O=C(O)c1ccc(CNC(=O)c2cccc3c2CCC3)s1. The van der Waals surface area contributed by atoms with E-state index in [0.29, 0.717) is 11.4 Å². The highest BCUT2D eigenvalue weighted by atomic mass is 32.1. The lowest BCUT2D eigenvalue weighted by atomic mass is 10.0. The predicted molar refractivity (Wildman–Crippen MR) is 80.9 cm³/mol. The number of carbonyl (C=O) groups is 2. The highest BCUT2D eigenvalue weighted by molar-refractivity contribution is 7.13. The minimum Gasteiger partial charge on any atom is -0.477 e. The zero-order chi connectivity index (χ0) is 14.8. The second-order valence-corrected chi connectivity index (χ2v) is 6.22. The minimum absolute atomic E-state index is 0.0842. The number of carboxylic acids is 1. The van der Waals surface area contributed by atoms with Gasteiger partial charge in [-0.05, 0) is 48.6 Å². The summed E-state index contributed by atoms with van der Waals surface area (Å²) in [6, 6.07) is 9.17. The summed E-state index contributed by atoms with van der Waals surface area (Å²) in [4.78, 5) is 24.3. The molecular weight excluding hydrogens is 286 g/mol. The maximum absolute atomic E-state index is 12.3. The van der Waals surface area contributed by atoms with Gasteiger partial charge in [0.1, 0.15) is 4.88 Å². The molecule has 0 bridgehead atoms. The molecular formula is C16H15NO3S. The molecule has 0 saturated carbocycles. The number of rotatable bonds is 4. The molecule has 0 fully saturated rings. The molecule has 1 heterocycles. The van der Waals surface area contributed by atoms with Crippen molar-refractivity contribution in [2.45, 2.75) is 25.8 Å². The van der Waals surface area contributed by atoms with E-state index in [1.807, 2.05) is 12.1 Å². The van der Waals surface area contributed by atoms with Gasteiger partial charge in [-0.1, -0.05) is 12.1 Å². The van der Waals surface area contributed by atoms with Crippen LogP contribution in [0.2, 0.25) is 0 Å². The first kappa shape index (κ1) is 13.8. The fourth-order valence-electron chi connectivity index (χ4n) is 2.68. The van der Waals surface area contributed by atoms with Crippen molar-refractivity contribution < 1.29 is 14.7 Å². The lowest BCUT2D eigenvalue weighted by Crippen LogP contribution is -2.23. The first-order valence-corrected chi connectivity index (χ1v) is 7.68. The van der Waals surface area contributed by atoms with Crippen LogP contribution in [0.25, 0.3) is 0 Å². The molecule has 0 saturated heterocycles. The smallest absolute Gasteiger partial charge is 0.345 e. The number of carboxylic acid groups (broad SMARTS) is 1. The topological polar surface area (TPSA) is 66.4 Å². The van der Waals surface area contributed by atoms with Crippen molar-refractivity contribution in [3.63, 3.8) is 0 Å². The Bertz CT molecular complexity index is 705. The van der Waals surface area contributed by atoms with E-state index in [9.17, 15) is 9.59 Å². The molecule has 2 N–H and O–H groups in total. The Morgan fingerprint density at radius 3 is 2.81 bits per heavy atom. The molecule has 2 aromatic rings. The Morgan fingerprint density at radius 2 is 2.05 bits per heavy atom. The number of benzene rings is 1. The maximum atomic E-state index is 12.3. The van der Waals surface area contributed by atoms with Crippen LogP contribution in [0.1, 0.15) is 42.5 Å².